The van der Waals surface area contributed by atoms with E-state index in [1.165, 1.54) is 0 Å². The topological polar surface area (TPSA) is 38.3 Å². The van der Waals surface area contributed by atoms with Crippen molar-refractivity contribution in [3.05, 3.63) is 11.7 Å². The van der Waals surface area contributed by atoms with Crippen molar-refractivity contribution in [1.82, 2.24) is 5.32 Å². The first-order valence-corrected chi connectivity index (χ1v) is 4.31. The van der Waals surface area contributed by atoms with Gasteiger partial charge in [-0.15, -0.1) is 0 Å². The van der Waals surface area contributed by atoms with Crippen molar-refractivity contribution in [2.45, 2.75) is 18.6 Å². The van der Waals surface area contributed by atoms with Crippen molar-refractivity contribution in [3.63, 3.8) is 0 Å². The van der Waals surface area contributed by atoms with Gasteiger partial charge >= 0.3 is 12.1 Å². The molecule has 3 nitrogen and oxygen atoms in total. The lowest BCUT2D eigenvalue weighted by molar-refractivity contribution is -0.200. The molecule has 0 aliphatic carbocycles. The quantitative estimate of drug-likeness (QED) is 0.593. The zero-order valence-electron chi connectivity index (χ0n) is 7.90. The fourth-order valence-corrected chi connectivity index (χ4v) is 1.23. The van der Waals surface area contributed by atoms with Crippen LogP contribution in [0.4, 0.5) is 22.0 Å². The Morgan fingerprint density at radius 1 is 1.44 bits per heavy atom. The van der Waals surface area contributed by atoms with Gasteiger partial charge in [-0.3, -0.25) is 0 Å². The van der Waals surface area contributed by atoms with E-state index in [2.05, 4.69) is 10.1 Å². The lowest BCUT2D eigenvalue weighted by Crippen LogP contribution is -2.32. The number of alkyl halides is 3. The van der Waals surface area contributed by atoms with E-state index in [9.17, 15) is 26.7 Å². The van der Waals surface area contributed by atoms with Crippen LogP contribution < -0.4 is 5.32 Å². The first-order valence-electron chi connectivity index (χ1n) is 4.31. The van der Waals surface area contributed by atoms with Gasteiger partial charge in [-0.1, -0.05) is 0 Å². The Morgan fingerprint density at radius 2 is 2.06 bits per heavy atom. The summed E-state index contributed by atoms with van der Waals surface area (Å²) < 4.78 is 63.1. The third-order valence-corrected chi connectivity index (χ3v) is 2.01. The minimum atomic E-state index is -5.05. The van der Waals surface area contributed by atoms with Crippen molar-refractivity contribution in [3.8, 4) is 0 Å². The van der Waals surface area contributed by atoms with Crippen LogP contribution in [0.3, 0.4) is 0 Å². The van der Waals surface area contributed by atoms with Gasteiger partial charge in [-0.05, 0) is 6.42 Å². The number of ether oxygens (including phenoxy) is 1. The van der Waals surface area contributed by atoms with E-state index in [0.29, 0.717) is 0 Å². The predicted octanol–water partition coefficient (Wildman–Crippen LogP) is 1.60. The van der Waals surface area contributed by atoms with E-state index in [-0.39, 0.29) is 18.5 Å². The van der Waals surface area contributed by atoms with Crippen molar-refractivity contribution in [1.29, 1.82) is 0 Å². The molecule has 0 aromatic rings. The molecule has 1 N–H and O–H groups in total. The second kappa shape index (κ2) is 4.77. The molecule has 0 unspecified atom stereocenters. The molecule has 1 heterocycles. The molecule has 16 heavy (non-hydrogen) atoms. The van der Waals surface area contributed by atoms with Crippen molar-refractivity contribution in [2.24, 2.45) is 0 Å². The highest BCUT2D eigenvalue weighted by Gasteiger charge is 2.41. The highest BCUT2D eigenvalue weighted by Crippen LogP contribution is 2.21. The second-order valence-corrected chi connectivity index (χ2v) is 3.24. The van der Waals surface area contributed by atoms with Crippen LogP contribution in [0.1, 0.15) is 6.42 Å². The molecule has 0 amide bonds. The molecule has 1 rings (SSSR count). The van der Waals surface area contributed by atoms with Gasteiger partial charge in [0.1, 0.15) is 6.61 Å². The molecule has 8 heteroatoms. The maximum atomic E-state index is 12.1. The SMILES string of the molecule is O=C(OC[C@H]1CC(=C(F)F)CN1)C(F)(F)F. The molecule has 0 aromatic carbocycles. The number of carbonyl (C=O) groups excluding carboxylic acids is 1. The molecule has 0 bridgehead atoms. The Bertz CT molecular complexity index is 308. The summed E-state index contributed by atoms with van der Waals surface area (Å²) in [4.78, 5) is 10.3. The lowest BCUT2D eigenvalue weighted by Gasteiger charge is -2.11. The Labute approximate surface area is 87.3 Å². The average Bonchev–Trinajstić information content (AvgIpc) is 2.60. The van der Waals surface area contributed by atoms with E-state index in [1.54, 1.807) is 0 Å². The van der Waals surface area contributed by atoms with E-state index in [4.69, 9.17) is 0 Å². The highest BCUT2D eigenvalue weighted by molar-refractivity contribution is 5.75. The molecule has 1 saturated heterocycles. The fraction of sp³-hybridized carbons (Fsp3) is 0.625. The van der Waals surface area contributed by atoms with Crippen LogP contribution in [-0.2, 0) is 9.53 Å². The zero-order chi connectivity index (χ0) is 12.3. The summed E-state index contributed by atoms with van der Waals surface area (Å²) in [5.74, 6) is -2.31. The molecular weight excluding hydrogens is 237 g/mol. The van der Waals surface area contributed by atoms with Gasteiger partial charge in [0, 0.05) is 18.2 Å². The van der Waals surface area contributed by atoms with Crippen LogP contribution in [0.2, 0.25) is 0 Å². The molecule has 0 radical (unpaired) electrons. The summed E-state index contributed by atoms with van der Waals surface area (Å²) in [6, 6.07) is -0.692. The molecule has 1 aliphatic heterocycles. The molecule has 0 aromatic heterocycles. The Morgan fingerprint density at radius 3 is 2.50 bits per heavy atom. The van der Waals surface area contributed by atoms with E-state index < -0.39 is 30.9 Å². The minimum absolute atomic E-state index is 0.101. The van der Waals surface area contributed by atoms with Gasteiger partial charge in [0.15, 0.2) is 0 Å². The number of esters is 1. The van der Waals surface area contributed by atoms with Crippen LogP contribution in [0.25, 0.3) is 0 Å². The van der Waals surface area contributed by atoms with Crippen molar-refractivity contribution < 1.29 is 31.5 Å². The number of rotatable bonds is 2. The van der Waals surface area contributed by atoms with Crippen LogP contribution in [-0.4, -0.2) is 31.3 Å². The molecule has 92 valence electrons. The van der Waals surface area contributed by atoms with Gasteiger partial charge in [-0.25, -0.2) is 4.79 Å². The monoisotopic (exact) mass is 245 g/mol. The van der Waals surface area contributed by atoms with Crippen molar-refractivity contribution >= 4 is 5.97 Å². The minimum Gasteiger partial charge on any atom is -0.457 e. The summed E-state index contributed by atoms with van der Waals surface area (Å²) in [5.41, 5.74) is -0.173. The molecule has 1 atom stereocenters. The highest BCUT2D eigenvalue weighted by atomic mass is 19.4. The third-order valence-electron chi connectivity index (χ3n) is 2.01. The van der Waals surface area contributed by atoms with Gasteiger partial charge in [-0.2, -0.15) is 22.0 Å². The molecule has 1 fully saturated rings. The molecule has 1 aliphatic rings. The van der Waals surface area contributed by atoms with Gasteiger partial charge < -0.3 is 10.1 Å². The maximum absolute atomic E-state index is 12.1. The van der Waals surface area contributed by atoms with Crippen LogP contribution in [0.15, 0.2) is 11.7 Å². The van der Waals surface area contributed by atoms with Gasteiger partial charge in [0.05, 0.1) is 0 Å². The van der Waals surface area contributed by atoms with Crippen LogP contribution in [0, 0.1) is 0 Å². The number of hydrogen-bond acceptors (Lipinski definition) is 3. The summed E-state index contributed by atoms with van der Waals surface area (Å²) in [6.45, 7) is -0.675. The van der Waals surface area contributed by atoms with Gasteiger partial charge in [0.2, 0.25) is 0 Å². The average molecular weight is 245 g/mol. The van der Waals surface area contributed by atoms with E-state index >= 15 is 0 Å². The Kier molecular flexibility index (Phi) is 3.84. The number of halogens is 5. The van der Waals surface area contributed by atoms with E-state index in [0.717, 1.165) is 0 Å². The van der Waals surface area contributed by atoms with Crippen LogP contribution in [0.5, 0.6) is 0 Å². The van der Waals surface area contributed by atoms with Crippen LogP contribution >= 0.6 is 0 Å². The smallest absolute Gasteiger partial charge is 0.457 e. The Hall–Kier alpha value is -1.18. The largest absolute Gasteiger partial charge is 0.490 e. The van der Waals surface area contributed by atoms with Crippen molar-refractivity contribution in [2.75, 3.05) is 13.2 Å². The summed E-state index contributed by atoms with van der Waals surface area (Å²) in [7, 11) is 0. The maximum Gasteiger partial charge on any atom is 0.490 e. The normalized spacial score (nSPS) is 21.1. The summed E-state index contributed by atoms with van der Waals surface area (Å²) >= 11 is 0. The first kappa shape index (κ1) is 12.9. The first-order chi connectivity index (χ1) is 7.30. The third kappa shape index (κ3) is 3.44. The van der Waals surface area contributed by atoms with Gasteiger partial charge in [0.25, 0.3) is 6.08 Å². The molecular formula is C8H8F5NO2. The fourth-order valence-electron chi connectivity index (χ4n) is 1.23. The number of nitrogens with one attached hydrogen (secondary N) is 1. The zero-order valence-corrected chi connectivity index (χ0v) is 7.90. The molecule has 0 saturated carbocycles. The molecule has 0 spiro atoms. The second-order valence-electron chi connectivity index (χ2n) is 3.24. The standard InChI is InChI=1S/C8H8F5NO2/c9-6(10)4-1-5(14-2-4)3-16-7(15)8(11,12)13/h5,14H,1-3H2/t5-/m1/s1. The Balaban J connectivity index is 2.37. The number of carbonyl (C=O) groups is 1. The van der Waals surface area contributed by atoms with E-state index in [1.807, 2.05) is 0 Å². The number of hydrogen-bond donors (Lipinski definition) is 1. The summed E-state index contributed by atoms with van der Waals surface area (Å²) in [5, 5.41) is 2.51. The summed E-state index contributed by atoms with van der Waals surface area (Å²) in [6.07, 6.45) is -7.02. The predicted molar refractivity (Wildman–Crippen MR) is 42.7 cm³/mol. The lowest BCUT2D eigenvalue weighted by atomic mass is 10.2.